The van der Waals surface area contributed by atoms with Crippen LogP contribution in [0.15, 0.2) is 23.0 Å². The fourth-order valence-corrected chi connectivity index (χ4v) is 2.22. The molecule has 1 aromatic carbocycles. The summed E-state index contributed by atoms with van der Waals surface area (Å²) < 4.78 is 0. The van der Waals surface area contributed by atoms with Crippen molar-refractivity contribution >= 4 is 11.0 Å². The Labute approximate surface area is 112 Å². The molecule has 0 fully saturated rings. The molecule has 5 nitrogen and oxygen atoms in total. The zero-order chi connectivity index (χ0) is 13.8. The monoisotopic (exact) mass is 262 g/mol. The number of nitrogens with two attached hydrogens (primary N) is 1. The van der Waals surface area contributed by atoms with Crippen molar-refractivity contribution in [2.24, 2.45) is 5.73 Å². The summed E-state index contributed by atoms with van der Waals surface area (Å²) in [5, 5.41) is 0. The van der Waals surface area contributed by atoms with Crippen molar-refractivity contribution in [3.63, 3.8) is 0 Å². The summed E-state index contributed by atoms with van der Waals surface area (Å²) >= 11 is 0. The van der Waals surface area contributed by atoms with Crippen molar-refractivity contribution in [1.29, 1.82) is 0 Å². The number of imidazole rings is 1. The third kappa shape index (κ3) is 3.45. The Balaban J connectivity index is 1.99. The van der Waals surface area contributed by atoms with E-state index in [0.717, 1.165) is 37.0 Å². The van der Waals surface area contributed by atoms with Gasteiger partial charge in [0.15, 0.2) is 0 Å². The van der Waals surface area contributed by atoms with Crippen LogP contribution in [-0.4, -0.2) is 41.0 Å². The zero-order valence-corrected chi connectivity index (χ0v) is 11.6. The fraction of sp³-hybridized carbons (Fsp3) is 0.500. The van der Waals surface area contributed by atoms with E-state index < -0.39 is 0 Å². The van der Waals surface area contributed by atoms with Crippen LogP contribution in [0.3, 0.4) is 0 Å². The van der Waals surface area contributed by atoms with Gasteiger partial charge < -0.3 is 20.6 Å². The van der Waals surface area contributed by atoms with Crippen LogP contribution in [0.5, 0.6) is 0 Å². The van der Waals surface area contributed by atoms with Crippen LogP contribution in [0.2, 0.25) is 0 Å². The molecule has 2 aromatic rings. The molecule has 1 aromatic heterocycles. The highest BCUT2D eigenvalue weighted by Gasteiger charge is 2.08. The van der Waals surface area contributed by atoms with E-state index in [2.05, 4.69) is 34.9 Å². The van der Waals surface area contributed by atoms with Crippen molar-refractivity contribution in [1.82, 2.24) is 14.9 Å². The maximum atomic E-state index is 11.2. The Kier molecular flexibility index (Phi) is 4.39. The first-order valence-corrected chi connectivity index (χ1v) is 6.71. The summed E-state index contributed by atoms with van der Waals surface area (Å²) in [5.74, 6) is 0. The molecule has 5 heteroatoms. The van der Waals surface area contributed by atoms with E-state index in [9.17, 15) is 4.79 Å². The molecule has 0 saturated carbocycles. The second-order valence-corrected chi connectivity index (χ2v) is 5.12. The lowest BCUT2D eigenvalue weighted by molar-refractivity contribution is 0.251. The van der Waals surface area contributed by atoms with Crippen molar-refractivity contribution in [3.05, 3.63) is 34.2 Å². The van der Waals surface area contributed by atoms with Gasteiger partial charge in [-0.2, -0.15) is 0 Å². The lowest BCUT2D eigenvalue weighted by Crippen LogP contribution is -2.32. The molecule has 1 unspecified atom stereocenters. The molecule has 2 rings (SSSR count). The Hall–Kier alpha value is -1.59. The van der Waals surface area contributed by atoms with E-state index in [-0.39, 0.29) is 5.69 Å². The summed E-state index contributed by atoms with van der Waals surface area (Å²) in [6.07, 6.45) is 1.98. The van der Waals surface area contributed by atoms with E-state index in [0.29, 0.717) is 6.04 Å². The Morgan fingerprint density at radius 2 is 2.05 bits per heavy atom. The molecule has 104 valence electrons. The highest BCUT2D eigenvalue weighted by atomic mass is 16.1. The van der Waals surface area contributed by atoms with Gasteiger partial charge in [0, 0.05) is 12.6 Å². The minimum absolute atomic E-state index is 0.152. The first kappa shape index (κ1) is 13.8. The van der Waals surface area contributed by atoms with Crippen molar-refractivity contribution < 1.29 is 0 Å². The standard InChI is InChI=1S/C14H22N4O/c1-10(5-7-15)18(2)8-6-11-3-4-12-13(9-11)17-14(19)16-12/h3-4,9-10H,5-8,15H2,1-2H3,(H2,16,17,19). The van der Waals surface area contributed by atoms with E-state index in [1.807, 2.05) is 12.1 Å². The third-order valence-corrected chi connectivity index (χ3v) is 3.67. The number of H-pyrrole nitrogens is 2. The molecule has 0 aliphatic carbocycles. The van der Waals surface area contributed by atoms with Gasteiger partial charge in [-0.05, 0) is 51.1 Å². The summed E-state index contributed by atoms with van der Waals surface area (Å²) in [6.45, 7) is 3.91. The Morgan fingerprint density at radius 3 is 2.79 bits per heavy atom. The number of hydrogen-bond donors (Lipinski definition) is 3. The molecule has 1 atom stereocenters. The third-order valence-electron chi connectivity index (χ3n) is 3.67. The predicted octanol–water partition coefficient (Wildman–Crippen LogP) is 1.07. The number of fused-ring (bicyclic) bond motifs is 1. The second kappa shape index (κ2) is 6.04. The normalized spacial score (nSPS) is 13.3. The average Bonchev–Trinajstić information content (AvgIpc) is 2.75. The SMILES string of the molecule is CC(CCN)N(C)CCc1ccc2[nH]c(=O)[nH]c2c1. The number of hydrogen-bond acceptors (Lipinski definition) is 3. The summed E-state index contributed by atoms with van der Waals surface area (Å²) in [7, 11) is 2.12. The van der Waals surface area contributed by atoms with E-state index >= 15 is 0 Å². The second-order valence-electron chi connectivity index (χ2n) is 5.12. The van der Waals surface area contributed by atoms with Gasteiger partial charge in [-0.1, -0.05) is 6.07 Å². The molecular formula is C14H22N4O. The van der Waals surface area contributed by atoms with Gasteiger partial charge >= 0.3 is 5.69 Å². The number of nitrogens with one attached hydrogen (secondary N) is 2. The zero-order valence-electron chi connectivity index (χ0n) is 11.6. The van der Waals surface area contributed by atoms with Crippen LogP contribution >= 0.6 is 0 Å². The maximum absolute atomic E-state index is 11.2. The van der Waals surface area contributed by atoms with Gasteiger partial charge in [-0.25, -0.2) is 4.79 Å². The van der Waals surface area contributed by atoms with Crippen molar-refractivity contribution in [3.8, 4) is 0 Å². The number of benzene rings is 1. The highest BCUT2D eigenvalue weighted by molar-refractivity contribution is 5.74. The molecule has 0 saturated heterocycles. The molecule has 1 heterocycles. The van der Waals surface area contributed by atoms with Gasteiger partial charge in [0.2, 0.25) is 0 Å². The van der Waals surface area contributed by atoms with Crippen LogP contribution in [0.4, 0.5) is 0 Å². The van der Waals surface area contributed by atoms with Crippen LogP contribution in [0.1, 0.15) is 18.9 Å². The van der Waals surface area contributed by atoms with Crippen LogP contribution in [-0.2, 0) is 6.42 Å². The minimum atomic E-state index is -0.152. The highest BCUT2D eigenvalue weighted by Crippen LogP contribution is 2.11. The molecule has 0 aliphatic rings. The molecule has 19 heavy (non-hydrogen) atoms. The molecule has 4 N–H and O–H groups in total. The molecule has 0 amide bonds. The van der Waals surface area contributed by atoms with Crippen LogP contribution in [0.25, 0.3) is 11.0 Å². The van der Waals surface area contributed by atoms with Gasteiger partial charge in [0.1, 0.15) is 0 Å². The summed E-state index contributed by atoms with van der Waals surface area (Å²) in [4.78, 5) is 19.1. The minimum Gasteiger partial charge on any atom is -0.330 e. The van der Waals surface area contributed by atoms with Gasteiger partial charge in [-0.3, -0.25) is 0 Å². The van der Waals surface area contributed by atoms with Crippen molar-refractivity contribution in [2.75, 3.05) is 20.1 Å². The van der Waals surface area contributed by atoms with Crippen LogP contribution < -0.4 is 11.4 Å². The number of nitrogens with zero attached hydrogens (tertiary/aromatic N) is 1. The number of aromatic amines is 2. The molecule has 0 bridgehead atoms. The smallest absolute Gasteiger partial charge is 0.323 e. The molecular weight excluding hydrogens is 240 g/mol. The lowest BCUT2D eigenvalue weighted by atomic mass is 10.1. The Bertz CT molecular complexity index is 586. The first-order chi connectivity index (χ1) is 9.10. The quantitative estimate of drug-likeness (QED) is 0.728. The molecule has 0 spiro atoms. The molecule has 0 radical (unpaired) electrons. The number of aromatic nitrogens is 2. The van der Waals surface area contributed by atoms with Gasteiger partial charge in [0.25, 0.3) is 0 Å². The summed E-state index contributed by atoms with van der Waals surface area (Å²) in [6, 6.07) is 6.55. The summed E-state index contributed by atoms with van der Waals surface area (Å²) in [5.41, 5.74) is 8.39. The van der Waals surface area contributed by atoms with E-state index in [1.54, 1.807) is 0 Å². The van der Waals surface area contributed by atoms with E-state index in [4.69, 9.17) is 5.73 Å². The number of likely N-dealkylation sites (N-methyl/N-ethyl adjacent to an activating group) is 1. The first-order valence-electron chi connectivity index (χ1n) is 6.71. The average molecular weight is 262 g/mol. The van der Waals surface area contributed by atoms with Crippen LogP contribution in [0, 0.1) is 0 Å². The molecule has 0 aliphatic heterocycles. The van der Waals surface area contributed by atoms with E-state index in [1.165, 1.54) is 5.56 Å². The largest absolute Gasteiger partial charge is 0.330 e. The fourth-order valence-electron chi connectivity index (χ4n) is 2.22. The Morgan fingerprint density at radius 1 is 1.32 bits per heavy atom. The van der Waals surface area contributed by atoms with Gasteiger partial charge in [0.05, 0.1) is 11.0 Å². The lowest BCUT2D eigenvalue weighted by Gasteiger charge is -2.24. The van der Waals surface area contributed by atoms with Crippen molar-refractivity contribution in [2.45, 2.75) is 25.8 Å². The number of rotatable bonds is 6. The maximum Gasteiger partial charge on any atom is 0.323 e. The van der Waals surface area contributed by atoms with Gasteiger partial charge in [-0.15, -0.1) is 0 Å². The topological polar surface area (TPSA) is 77.9 Å². The predicted molar refractivity (Wildman–Crippen MR) is 78.4 cm³/mol.